The van der Waals surface area contributed by atoms with Gasteiger partial charge < -0.3 is 9.47 Å². The Morgan fingerprint density at radius 2 is 1.04 bits per heavy atom. The van der Waals surface area contributed by atoms with E-state index < -0.39 is 11.9 Å². The van der Waals surface area contributed by atoms with E-state index in [0.717, 1.165) is 12.8 Å². The first-order valence-corrected chi connectivity index (χ1v) is 9.75. The summed E-state index contributed by atoms with van der Waals surface area (Å²) in [5.74, 6) is 0.491. The fourth-order valence-corrected chi connectivity index (χ4v) is 3.84. The summed E-state index contributed by atoms with van der Waals surface area (Å²) in [6, 6.07) is 0. The van der Waals surface area contributed by atoms with E-state index in [1.165, 1.54) is 76.4 Å². The number of rotatable bonds is 8. The zero-order valence-electron chi connectivity index (χ0n) is 14.8. The molecule has 0 aromatic heterocycles. The first-order chi connectivity index (χ1) is 11.7. The third-order valence-corrected chi connectivity index (χ3v) is 5.35. The van der Waals surface area contributed by atoms with Gasteiger partial charge in [0.1, 0.15) is 0 Å². The minimum atomic E-state index is -0.449. The van der Waals surface area contributed by atoms with Crippen molar-refractivity contribution in [3.63, 3.8) is 0 Å². The second-order valence-electron chi connectivity index (χ2n) is 7.25. The second-order valence-corrected chi connectivity index (χ2v) is 7.25. The second kappa shape index (κ2) is 11.3. The highest BCUT2D eigenvalue weighted by Gasteiger charge is 2.14. The van der Waals surface area contributed by atoms with Crippen LogP contribution in [0.5, 0.6) is 0 Å². The standard InChI is InChI=1S/C20H32O4/c21-19(23-15-13-17-7-3-1-4-8-17)11-12-20(22)24-16-14-18-9-5-2-6-10-18/h11-12,17-18H,1-10,13-16H2. The summed E-state index contributed by atoms with van der Waals surface area (Å²) in [6.45, 7) is 0.898. The largest absolute Gasteiger partial charge is 0.463 e. The molecule has 24 heavy (non-hydrogen) atoms. The van der Waals surface area contributed by atoms with Crippen molar-refractivity contribution in [1.82, 2.24) is 0 Å². The van der Waals surface area contributed by atoms with E-state index in [4.69, 9.17) is 9.47 Å². The smallest absolute Gasteiger partial charge is 0.331 e. The Bertz CT molecular complexity index is 366. The van der Waals surface area contributed by atoms with Gasteiger partial charge in [-0.2, -0.15) is 0 Å². The third kappa shape index (κ3) is 7.98. The highest BCUT2D eigenvalue weighted by atomic mass is 16.5. The molecule has 0 bridgehead atoms. The minimum absolute atomic E-state index is 0.449. The van der Waals surface area contributed by atoms with Crippen LogP contribution in [0.25, 0.3) is 0 Å². The molecule has 2 saturated carbocycles. The molecule has 4 nitrogen and oxygen atoms in total. The van der Waals surface area contributed by atoms with Crippen molar-refractivity contribution in [2.45, 2.75) is 77.0 Å². The molecule has 4 heteroatoms. The van der Waals surface area contributed by atoms with Crippen LogP contribution in [-0.4, -0.2) is 25.2 Å². The van der Waals surface area contributed by atoms with E-state index in [0.29, 0.717) is 25.0 Å². The van der Waals surface area contributed by atoms with Gasteiger partial charge in [0, 0.05) is 12.2 Å². The number of ether oxygens (including phenoxy) is 2. The van der Waals surface area contributed by atoms with Gasteiger partial charge in [0.25, 0.3) is 0 Å². The summed E-state index contributed by atoms with van der Waals surface area (Å²) in [5, 5.41) is 0. The fraction of sp³-hybridized carbons (Fsp3) is 0.800. The maximum Gasteiger partial charge on any atom is 0.331 e. The van der Waals surface area contributed by atoms with E-state index in [-0.39, 0.29) is 0 Å². The molecule has 0 unspecified atom stereocenters. The average Bonchev–Trinajstić information content (AvgIpc) is 2.62. The van der Waals surface area contributed by atoms with Gasteiger partial charge >= 0.3 is 11.9 Å². The number of esters is 2. The van der Waals surface area contributed by atoms with Crippen molar-refractivity contribution in [3.05, 3.63) is 12.2 Å². The lowest BCUT2D eigenvalue weighted by Gasteiger charge is -2.21. The summed E-state index contributed by atoms with van der Waals surface area (Å²) in [5.41, 5.74) is 0. The van der Waals surface area contributed by atoms with Crippen LogP contribution in [0.1, 0.15) is 77.0 Å². The van der Waals surface area contributed by atoms with Crippen LogP contribution in [0.15, 0.2) is 12.2 Å². The molecule has 0 amide bonds. The van der Waals surface area contributed by atoms with Crippen molar-refractivity contribution >= 4 is 11.9 Å². The molecule has 2 aliphatic rings. The summed E-state index contributed by atoms with van der Waals surface area (Å²) < 4.78 is 10.3. The Labute approximate surface area is 146 Å². The molecular formula is C20H32O4. The Balaban J connectivity index is 1.50. The third-order valence-electron chi connectivity index (χ3n) is 5.35. The summed E-state index contributed by atoms with van der Waals surface area (Å²) in [7, 11) is 0. The van der Waals surface area contributed by atoms with Gasteiger partial charge in [-0.05, 0) is 24.7 Å². The van der Waals surface area contributed by atoms with Crippen molar-refractivity contribution in [1.29, 1.82) is 0 Å². The Morgan fingerprint density at radius 3 is 1.42 bits per heavy atom. The first kappa shape index (κ1) is 19.0. The highest BCUT2D eigenvalue weighted by Crippen LogP contribution is 2.26. The maximum atomic E-state index is 11.6. The molecule has 0 heterocycles. The Morgan fingerprint density at radius 1 is 0.667 bits per heavy atom. The maximum absolute atomic E-state index is 11.6. The van der Waals surface area contributed by atoms with Crippen LogP contribution in [-0.2, 0) is 19.1 Å². The summed E-state index contributed by atoms with van der Waals surface area (Å²) in [6.07, 6.45) is 17.1. The molecule has 0 atom stereocenters. The van der Waals surface area contributed by atoms with Crippen molar-refractivity contribution in [2.24, 2.45) is 11.8 Å². The van der Waals surface area contributed by atoms with Crippen LogP contribution in [0.2, 0.25) is 0 Å². The van der Waals surface area contributed by atoms with Gasteiger partial charge in [-0.1, -0.05) is 64.2 Å². The molecule has 136 valence electrons. The molecule has 2 rings (SSSR count). The van der Waals surface area contributed by atoms with Crippen LogP contribution in [0.3, 0.4) is 0 Å². The minimum Gasteiger partial charge on any atom is -0.463 e. The van der Waals surface area contributed by atoms with Gasteiger partial charge in [-0.15, -0.1) is 0 Å². The van der Waals surface area contributed by atoms with E-state index in [9.17, 15) is 9.59 Å². The van der Waals surface area contributed by atoms with E-state index in [1.807, 2.05) is 0 Å². The quantitative estimate of drug-likeness (QED) is 0.481. The number of carbonyl (C=O) groups is 2. The van der Waals surface area contributed by atoms with Crippen molar-refractivity contribution in [2.75, 3.05) is 13.2 Å². The van der Waals surface area contributed by atoms with E-state index in [2.05, 4.69) is 0 Å². The number of carbonyl (C=O) groups excluding carboxylic acids is 2. The van der Waals surface area contributed by atoms with Crippen molar-refractivity contribution < 1.29 is 19.1 Å². The molecule has 0 aromatic rings. The predicted octanol–water partition coefficient (Wildman–Crippen LogP) is 4.57. The zero-order valence-corrected chi connectivity index (χ0v) is 14.8. The number of hydrogen-bond acceptors (Lipinski definition) is 4. The predicted molar refractivity (Wildman–Crippen MR) is 93.4 cm³/mol. The topological polar surface area (TPSA) is 52.6 Å². The Kier molecular flexibility index (Phi) is 8.93. The average molecular weight is 336 g/mol. The van der Waals surface area contributed by atoms with Gasteiger partial charge in [-0.3, -0.25) is 0 Å². The molecule has 0 radical (unpaired) electrons. The highest BCUT2D eigenvalue weighted by molar-refractivity contribution is 5.91. The molecule has 2 aliphatic carbocycles. The van der Waals surface area contributed by atoms with Crippen molar-refractivity contribution in [3.8, 4) is 0 Å². The molecule has 0 aromatic carbocycles. The number of hydrogen-bond donors (Lipinski definition) is 0. The lowest BCUT2D eigenvalue weighted by Crippen LogP contribution is -2.12. The van der Waals surface area contributed by atoms with Gasteiger partial charge in [0.2, 0.25) is 0 Å². The van der Waals surface area contributed by atoms with Gasteiger partial charge in [0.05, 0.1) is 13.2 Å². The van der Waals surface area contributed by atoms with E-state index in [1.54, 1.807) is 0 Å². The summed E-state index contributed by atoms with van der Waals surface area (Å²) in [4.78, 5) is 23.2. The Hall–Kier alpha value is -1.32. The first-order valence-electron chi connectivity index (χ1n) is 9.75. The molecule has 2 fully saturated rings. The van der Waals surface area contributed by atoms with Gasteiger partial charge in [-0.25, -0.2) is 9.59 Å². The van der Waals surface area contributed by atoms with Crippen LogP contribution < -0.4 is 0 Å². The molecule has 0 N–H and O–H groups in total. The van der Waals surface area contributed by atoms with Crippen LogP contribution in [0, 0.1) is 11.8 Å². The zero-order chi connectivity index (χ0) is 17.0. The molecule has 0 spiro atoms. The fourth-order valence-electron chi connectivity index (χ4n) is 3.84. The van der Waals surface area contributed by atoms with Crippen LogP contribution >= 0.6 is 0 Å². The molecule has 0 saturated heterocycles. The van der Waals surface area contributed by atoms with E-state index >= 15 is 0 Å². The monoisotopic (exact) mass is 336 g/mol. The van der Waals surface area contributed by atoms with Gasteiger partial charge in [0.15, 0.2) is 0 Å². The molecular weight excluding hydrogens is 304 g/mol. The van der Waals surface area contributed by atoms with Crippen LogP contribution in [0.4, 0.5) is 0 Å². The summed E-state index contributed by atoms with van der Waals surface area (Å²) >= 11 is 0. The lowest BCUT2D eigenvalue weighted by molar-refractivity contribution is -0.141. The SMILES string of the molecule is O=C(C=CC(=O)OCCC1CCCCC1)OCCC1CCCCC1. The molecule has 0 aliphatic heterocycles. The lowest BCUT2D eigenvalue weighted by atomic mass is 9.87. The normalized spacial score (nSPS) is 20.2.